The van der Waals surface area contributed by atoms with Crippen LogP contribution in [0.25, 0.3) is 0 Å². The van der Waals surface area contributed by atoms with Gasteiger partial charge in [-0.2, -0.15) is 5.10 Å². The van der Waals surface area contributed by atoms with Gasteiger partial charge >= 0.3 is 0 Å². The number of methoxy groups -OCH3 is 4. The maximum atomic E-state index is 13.7. The predicted molar refractivity (Wildman–Crippen MR) is 137 cm³/mol. The average molecular weight is 498 g/mol. The van der Waals surface area contributed by atoms with Crippen LogP contribution in [0.5, 0.6) is 17.2 Å². The quantitative estimate of drug-likeness (QED) is 0.472. The summed E-state index contributed by atoms with van der Waals surface area (Å²) in [4.78, 5) is 28.0. The lowest BCUT2D eigenvalue weighted by Crippen LogP contribution is -2.44. The van der Waals surface area contributed by atoms with E-state index in [2.05, 4.69) is 0 Å². The van der Waals surface area contributed by atoms with E-state index in [4.69, 9.17) is 24.0 Å². The van der Waals surface area contributed by atoms with Crippen LogP contribution < -0.4 is 14.2 Å². The molecule has 0 aromatic heterocycles. The summed E-state index contributed by atoms with van der Waals surface area (Å²) in [6, 6.07) is 12.6. The van der Waals surface area contributed by atoms with E-state index >= 15 is 0 Å². The Hall–Kier alpha value is -3.59. The lowest BCUT2D eigenvalue weighted by Gasteiger charge is -2.28. The summed E-state index contributed by atoms with van der Waals surface area (Å²) < 4.78 is 21.6. The summed E-state index contributed by atoms with van der Waals surface area (Å²) in [5.74, 6) is 1.29. The van der Waals surface area contributed by atoms with Crippen LogP contribution >= 0.6 is 0 Å². The molecule has 0 N–H and O–H groups in total. The third kappa shape index (κ3) is 6.15. The van der Waals surface area contributed by atoms with Gasteiger partial charge in [-0.3, -0.25) is 9.59 Å². The zero-order valence-electron chi connectivity index (χ0n) is 21.8. The molecular formula is C27H35N3O6. The van der Waals surface area contributed by atoms with E-state index in [0.29, 0.717) is 36.8 Å². The van der Waals surface area contributed by atoms with Crippen LogP contribution in [0.2, 0.25) is 0 Å². The molecule has 1 aliphatic rings. The first-order valence-corrected chi connectivity index (χ1v) is 11.9. The number of hydrazone groups is 1. The van der Waals surface area contributed by atoms with E-state index in [9.17, 15) is 9.59 Å². The molecule has 0 radical (unpaired) electrons. The molecule has 2 aromatic rings. The van der Waals surface area contributed by atoms with Crippen molar-refractivity contribution >= 4 is 17.5 Å². The van der Waals surface area contributed by atoms with Gasteiger partial charge in [0.15, 0.2) is 0 Å². The number of carbonyl (C=O) groups excluding carboxylic acids is 2. The third-order valence-electron chi connectivity index (χ3n) is 6.06. The average Bonchev–Trinajstić information content (AvgIpc) is 3.35. The third-order valence-corrected chi connectivity index (χ3v) is 6.06. The molecule has 36 heavy (non-hydrogen) atoms. The molecule has 1 heterocycles. The van der Waals surface area contributed by atoms with E-state index in [1.54, 1.807) is 34.5 Å². The molecule has 0 saturated carbocycles. The fourth-order valence-electron chi connectivity index (χ4n) is 4.13. The van der Waals surface area contributed by atoms with Crippen LogP contribution in [0.15, 0.2) is 47.6 Å². The first kappa shape index (κ1) is 27.0. The van der Waals surface area contributed by atoms with Crippen molar-refractivity contribution in [3.8, 4) is 17.2 Å². The van der Waals surface area contributed by atoms with E-state index in [1.807, 2.05) is 50.2 Å². The van der Waals surface area contributed by atoms with Crippen molar-refractivity contribution in [1.82, 2.24) is 9.91 Å². The van der Waals surface area contributed by atoms with Gasteiger partial charge in [0, 0.05) is 37.1 Å². The summed E-state index contributed by atoms with van der Waals surface area (Å²) in [6.07, 6.45) is 0.457. The molecule has 0 unspecified atom stereocenters. The van der Waals surface area contributed by atoms with Gasteiger partial charge in [0.25, 0.3) is 5.91 Å². The second-order valence-electron chi connectivity index (χ2n) is 8.75. The van der Waals surface area contributed by atoms with Crippen molar-refractivity contribution in [2.24, 2.45) is 11.0 Å². The lowest BCUT2D eigenvalue weighted by atomic mass is 9.97. The molecule has 194 valence electrons. The first-order valence-electron chi connectivity index (χ1n) is 11.9. The molecule has 2 aromatic carbocycles. The van der Waals surface area contributed by atoms with Crippen molar-refractivity contribution in [1.29, 1.82) is 0 Å². The van der Waals surface area contributed by atoms with Gasteiger partial charge in [0.05, 0.1) is 39.7 Å². The van der Waals surface area contributed by atoms with Crippen LogP contribution in [0.1, 0.15) is 37.4 Å². The Morgan fingerprint density at radius 3 is 2.39 bits per heavy atom. The number of carbonyl (C=O) groups is 2. The highest BCUT2D eigenvalue weighted by Crippen LogP contribution is 2.39. The second kappa shape index (κ2) is 12.4. The van der Waals surface area contributed by atoms with Gasteiger partial charge in [-0.25, -0.2) is 5.01 Å². The van der Waals surface area contributed by atoms with Gasteiger partial charge in [0.1, 0.15) is 23.8 Å². The molecule has 0 bridgehead atoms. The minimum Gasteiger partial charge on any atom is -0.497 e. The minimum absolute atomic E-state index is 0.113. The minimum atomic E-state index is -0.442. The predicted octanol–water partition coefficient (Wildman–Crippen LogP) is 3.52. The van der Waals surface area contributed by atoms with Crippen LogP contribution in [0, 0.1) is 5.92 Å². The highest BCUT2D eigenvalue weighted by Gasteiger charge is 2.36. The number of amides is 2. The zero-order valence-corrected chi connectivity index (χ0v) is 21.8. The lowest BCUT2D eigenvalue weighted by molar-refractivity contribution is -0.143. The van der Waals surface area contributed by atoms with Crippen LogP contribution in [-0.4, -0.2) is 75.6 Å². The molecular weight excluding hydrogens is 462 g/mol. The van der Waals surface area contributed by atoms with Crippen LogP contribution in [0.3, 0.4) is 0 Å². The summed E-state index contributed by atoms with van der Waals surface area (Å²) in [6.45, 7) is 4.15. The zero-order chi connectivity index (χ0) is 26.2. The Balaban J connectivity index is 2.01. The summed E-state index contributed by atoms with van der Waals surface area (Å²) in [5, 5.41) is 6.20. The maximum absolute atomic E-state index is 13.7. The number of hydrogen-bond acceptors (Lipinski definition) is 7. The smallest absolute Gasteiger partial charge is 0.262 e. The molecule has 9 nitrogen and oxygen atoms in total. The number of rotatable bonds is 11. The number of benzene rings is 2. The van der Waals surface area contributed by atoms with Crippen molar-refractivity contribution in [2.45, 2.75) is 26.3 Å². The molecule has 0 fully saturated rings. The van der Waals surface area contributed by atoms with Crippen molar-refractivity contribution in [2.75, 3.05) is 48.1 Å². The monoisotopic (exact) mass is 497 g/mol. The molecule has 0 spiro atoms. The number of hydrogen-bond donors (Lipinski definition) is 0. The first-order chi connectivity index (χ1) is 17.3. The Labute approximate surface area is 212 Å². The topological polar surface area (TPSA) is 89.9 Å². The van der Waals surface area contributed by atoms with E-state index in [0.717, 1.165) is 16.8 Å². The molecule has 3 rings (SSSR count). The fraction of sp³-hybridized carbons (Fsp3) is 0.444. The molecule has 2 amide bonds. The summed E-state index contributed by atoms with van der Waals surface area (Å²) in [5.41, 5.74) is 2.35. The Kier molecular flexibility index (Phi) is 9.30. The molecule has 0 saturated heterocycles. The van der Waals surface area contributed by atoms with Crippen molar-refractivity contribution < 1.29 is 28.5 Å². The van der Waals surface area contributed by atoms with Crippen LogP contribution in [0.4, 0.5) is 0 Å². The van der Waals surface area contributed by atoms with Gasteiger partial charge in [-0.15, -0.1) is 0 Å². The highest BCUT2D eigenvalue weighted by atomic mass is 16.5. The number of ether oxygens (including phenoxy) is 4. The fourth-order valence-corrected chi connectivity index (χ4v) is 4.13. The second-order valence-corrected chi connectivity index (χ2v) is 8.75. The molecule has 0 aliphatic carbocycles. The van der Waals surface area contributed by atoms with Crippen LogP contribution in [-0.2, 0) is 14.3 Å². The molecule has 1 atom stereocenters. The van der Waals surface area contributed by atoms with E-state index < -0.39 is 6.04 Å². The Morgan fingerprint density at radius 2 is 1.75 bits per heavy atom. The van der Waals surface area contributed by atoms with Crippen molar-refractivity contribution in [3.63, 3.8) is 0 Å². The van der Waals surface area contributed by atoms with Gasteiger partial charge in [-0.05, 0) is 30.3 Å². The van der Waals surface area contributed by atoms with E-state index in [1.165, 1.54) is 9.91 Å². The van der Waals surface area contributed by atoms with E-state index in [-0.39, 0.29) is 24.3 Å². The Bertz CT molecular complexity index is 1100. The number of nitrogens with zero attached hydrogens (tertiary/aromatic N) is 3. The van der Waals surface area contributed by atoms with Gasteiger partial charge in [-0.1, -0.05) is 26.0 Å². The standard InChI is InChI=1S/C27H35N3O6/c1-18(2)27(32)29(12-13-33-3)17-26(31)30-24(22-15-21(35-5)10-11-25(22)36-6)16-23(28-30)19-8-7-9-20(14-19)34-4/h7-11,14-15,18,24H,12-13,16-17H2,1-6H3/t24-/m0/s1. The summed E-state index contributed by atoms with van der Waals surface area (Å²) >= 11 is 0. The largest absolute Gasteiger partial charge is 0.497 e. The molecule has 1 aliphatic heterocycles. The maximum Gasteiger partial charge on any atom is 0.262 e. The molecule has 9 heteroatoms. The SMILES string of the molecule is COCCN(CC(=O)N1N=C(c2cccc(OC)c2)C[C@H]1c1cc(OC)ccc1OC)C(=O)C(C)C. The highest BCUT2D eigenvalue weighted by molar-refractivity contribution is 6.03. The van der Waals surface area contributed by atoms with Gasteiger partial charge in [0.2, 0.25) is 5.91 Å². The normalized spacial score (nSPS) is 15.0. The van der Waals surface area contributed by atoms with Gasteiger partial charge < -0.3 is 23.8 Å². The summed E-state index contributed by atoms with van der Waals surface area (Å²) in [7, 11) is 6.35. The Morgan fingerprint density at radius 1 is 1.03 bits per heavy atom. The van der Waals surface area contributed by atoms with Crippen molar-refractivity contribution in [3.05, 3.63) is 53.6 Å².